The number of amides is 3. The number of para-hydroxylation sites is 1. The van der Waals surface area contributed by atoms with Crippen LogP contribution in [0.5, 0.6) is 0 Å². The quantitative estimate of drug-likeness (QED) is 0.633. The molecule has 152 valence electrons. The molecule has 0 fully saturated rings. The molecule has 2 heterocycles. The molecule has 3 aromatic rings. The molecule has 1 aromatic heterocycles. The third kappa shape index (κ3) is 3.47. The van der Waals surface area contributed by atoms with E-state index in [2.05, 4.69) is 9.97 Å². The van der Waals surface area contributed by atoms with E-state index in [1.807, 2.05) is 6.92 Å². The Hall–Kier alpha value is -3.81. The zero-order valence-electron chi connectivity index (χ0n) is 16.4. The van der Waals surface area contributed by atoms with Gasteiger partial charge >= 0.3 is 0 Å². The Kier molecular flexibility index (Phi) is 5.14. The van der Waals surface area contributed by atoms with Crippen LogP contribution in [0.3, 0.4) is 0 Å². The van der Waals surface area contributed by atoms with E-state index in [0.717, 1.165) is 4.90 Å². The molecule has 1 aliphatic rings. The fraction of sp³-hybridized carbons (Fsp3) is 0.227. The number of imide groups is 1. The van der Waals surface area contributed by atoms with Crippen molar-refractivity contribution in [1.82, 2.24) is 19.8 Å². The molecule has 0 bridgehead atoms. The van der Waals surface area contributed by atoms with Crippen LogP contribution in [0, 0.1) is 0 Å². The lowest BCUT2D eigenvalue weighted by atomic mass is 10.1. The summed E-state index contributed by atoms with van der Waals surface area (Å²) in [6.45, 7) is 2.36. The predicted octanol–water partition coefficient (Wildman–Crippen LogP) is 1.96. The van der Waals surface area contributed by atoms with Crippen LogP contribution in [0.25, 0.3) is 10.9 Å². The Balaban J connectivity index is 1.45. The smallest absolute Gasteiger partial charge is 0.261 e. The van der Waals surface area contributed by atoms with Crippen molar-refractivity contribution < 1.29 is 14.4 Å². The zero-order chi connectivity index (χ0) is 21.3. The van der Waals surface area contributed by atoms with E-state index in [9.17, 15) is 19.2 Å². The topological polar surface area (TPSA) is 103 Å². The molecule has 2 aromatic carbocycles. The number of aromatic amines is 1. The minimum Gasteiger partial charge on any atom is -0.335 e. The third-order valence-electron chi connectivity index (χ3n) is 5.16. The maximum Gasteiger partial charge on any atom is 0.261 e. The number of nitrogens with one attached hydrogen (secondary N) is 1. The molecule has 8 nitrogen and oxygen atoms in total. The summed E-state index contributed by atoms with van der Waals surface area (Å²) >= 11 is 0. The molecule has 0 aliphatic carbocycles. The normalized spacial score (nSPS) is 13.0. The first-order valence-electron chi connectivity index (χ1n) is 9.70. The largest absolute Gasteiger partial charge is 0.335 e. The van der Waals surface area contributed by atoms with Gasteiger partial charge in [-0.15, -0.1) is 0 Å². The number of benzene rings is 2. The van der Waals surface area contributed by atoms with Crippen LogP contribution in [0.1, 0.15) is 39.9 Å². The van der Waals surface area contributed by atoms with Crippen LogP contribution in [0.4, 0.5) is 0 Å². The summed E-state index contributed by atoms with van der Waals surface area (Å²) in [6.07, 6.45) is -0.00286. The second-order valence-electron chi connectivity index (χ2n) is 7.00. The van der Waals surface area contributed by atoms with Gasteiger partial charge in [0.1, 0.15) is 5.82 Å². The minimum atomic E-state index is -0.382. The first kappa shape index (κ1) is 19.5. The van der Waals surface area contributed by atoms with Gasteiger partial charge in [0.2, 0.25) is 5.91 Å². The SMILES string of the molecule is CCN(Cc1nc2ccccc2c(=O)[nH]1)C(=O)CCN1C(=O)c2ccccc2C1=O. The maximum atomic E-state index is 12.7. The lowest BCUT2D eigenvalue weighted by Gasteiger charge is -2.22. The molecule has 0 unspecified atom stereocenters. The molecular formula is C22H20N4O4. The van der Waals surface area contributed by atoms with Gasteiger partial charge in [-0.05, 0) is 31.2 Å². The monoisotopic (exact) mass is 404 g/mol. The van der Waals surface area contributed by atoms with E-state index in [1.54, 1.807) is 48.5 Å². The molecule has 8 heteroatoms. The Bertz CT molecular complexity index is 1180. The van der Waals surface area contributed by atoms with Gasteiger partial charge in [0.15, 0.2) is 0 Å². The van der Waals surface area contributed by atoms with Crippen molar-refractivity contribution in [2.75, 3.05) is 13.1 Å². The predicted molar refractivity (Wildman–Crippen MR) is 110 cm³/mol. The molecule has 0 saturated heterocycles. The van der Waals surface area contributed by atoms with Crippen molar-refractivity contribution in [3.05, 3.63) is 75.8 Å². The highest BCUT2D eigenvalue weighted by Crippen LogP contribution is 2.22. The van der Waals surface area contributed by atoms with E-state index in [0.29, 0.717) is 34.4 Å². The fourth-order valence-corrected chi connectivity index (χ4v) is 3.57. The summed E-state index contributed by atoms with van der Waals surface area (Å²) in [5.74, 6) is -0.613. The summed E-state index contributed by atoms with van der Waals surface area (Å²) < 4.78 is 0. The molecule has 4 rings (SSSR count). The fourth-order valence-electron chi connectivity index (χ4n) is 3.57. The van der Waals surface area contributed by atoms with Crippen LogP contribution in [-0.4, -0.2) is 50.6 Å². The van der Waals surface area contributed by atoms with Crippen LogP contribution in [0.15, 0.2) is 53.3 Å². The van der Waals surface area contributed by atoms with Crippen molar-refractivity contribution in [3.63, 3.8) is 0 Å². The first-order chi connectivity index (χ1) is 14.5. The average molecular weight is 404 g/mol. The first-order valence-corrected chi connectivity index (χ1v) is 9.70. The third-order valence-corrected chi connectivity index (χ3v) is 5.16. The summed E-state index contributed by atoms with van der Waals surface area (Å²) in [5, 5.41) is 0.487. The maximum absolute atomic E-state index is 12.7. The second kappa shape index (κ2) is 7.90. The number of nitrogens with zero attached hydrogens (tertiary/aromatic N) is 3. The van der Waals surface area contributed by atoms with Crippen molar-refractivity contribution in [3.8, 4) is 0 Å². The van der Waals surface area contributed by atoms with Gasteiger partial charge in [-0.2, -0.15) is 0 Å². The Labute approximate surface area is 172 Å². The lowest BCUT2D eigenvalue weighted by molar-refractivity contribution is -0.131. The van der Waals surface area contributed by atoms with Crippen LogP contribution in [0.2, 0.25) is 0 Å². The lowest BCUT2D eigenvalue weighted by Crippen LogP contribution is -2.37. The van der Waals surface area contributed by atoms with Crippen LogP contribution in [-0.2, 0) is 11.3 Å². The van der Waals surface area contributed by atoms with Crippen molar-refractivity contribution in [2.24, 2.45) is 0 Å². The zero-order valence-corrected chi connectivity index (χ0v) is 16.4. The standard InChI is InChI=1S/C22H20N4O4/c1-2-25(13-18-23-17-10-6-5-9-16(17)20(28)24-18)19(27)11-12-26-21(29)14-7-3-4-8-15(14)22(26)30/h3-10H,2,11-13H2,1H3,(H,23,24,28). The van der Waals surface area contributed by atoms with E-state index >= 15 is 0 Å². The number of rotatable bonds is 6. The summed E-state index contributed by atoms with van der Waals surface area (Å²) in [7, 11) is 0. The van der Waals surface area contributed by atoms with E-state index in [1.165, 1.54) is 4.90 Å². The van der Waals surface area contributed by atoms with Crippen molar-refractivity contribution in [1.29, 1.82) is 0 Å². The van der Waals surface area contributed by atoms with E-state index < -0.39 is 0 Å². The Morgan fingerprint density at radius 2 is 1.63 bits per heavy atom. The van der Waals surface area contributed by atoms with Gasteiger partial charge in [-0.3, -0.25) is 24.1 Å². The van der Waals surface area contributed by atoms with Gasteiger partial charge in [0, 0.05) is 19.5 Å². The van der Waals surface area contributed by atoms with E-state index in [4.69, 9.17) is 0 Å². The molecule has 30 heavy (non-hydrogen) atoms. The summed E-state index contributed by atoms with van der Waals surface area (Å²) in [6, 6.07) is 13.6. The molecular weight excluding hydrogens is 384 g/mol. The number of carbonyl (C=O) groups excluding carboxylic acids is 3. The van der Waals surface area contributed by atoms with Crippen LogP contribution < -0.4 is 5.56 Å². The van der Waals surface area contributed by atoms with Crippen LogP contribution >= 0.6 is 0 Å². The summed E-state index contributed by atoms with van der Waals surface area (Å²) in [5.41, 5.74) is 1.02. The van der Waals surface area contributed by atoms with Crippen molar-refractivity contribution >= 4 is 28.6 Å². The highest BCUT2D eigenvalue weighted by Gasteiger charge is 2.35. The number of hydrogen-bond acceptors (Lipinski definition) is 5. The molecule has 3 amide bonds. The molecule has 0 atom stereocenters. The Morgan fingerprint density at radius 1 is 1.00 bits per heavy atom. The van der Waals surface area contributed by atoms with Gasteiger partial charge in [0.05, 0.1) is 28.6 Å². The molecule has 0 saturated carbocycles. The molecule has 0 radical (unpaired) electrons. The van der Waals surface area contributed by atoms with Gasteiger partial charge in [-0.25, -0.2) is 4.98 Å². The molecule has 0 spiro atoms. The average Bonchev–Trinajstić information content (AvgIpc) is 3.00. The highest BCUT2D eigenvalue weighted by atomic mass is 16.2. The van der Waals surface area contributed by atoms with E-state index in [-0.39, 0.29) is 42.8 Å². The minimum absolute atomic E-state index is 0.00286. The number of H-pyrrole nitrogens is 1. The van der Waals surface area contributed by atoms with Gasteiger partial charge in [-0.1, -0.05) is 24.3 Å². The second-order valence-corrected chi connectivity index (χ2v) is 7.00. The number of aromatic nitrogens is 2. The van der Waals surface area contributed by atoms with Crippen molar-refractivity contribution in [2.45, 2.75) is 19.9 Å². The molecule has 1 aliphatic heterocycles. The number of fused-ring (bicyclic) bond motifs is 2. The summed E-state index contributed by atoms with van der Waals surface area (Å²) in [4.78, 5) is 59.6. The van der Waals surface area contributed by atoms with Gasteiger partial charge < -0.3 is 9.88 Å². The van der Waals surface area contributed by atoms with Gasteiger partial charge in [0.25, 0.3) is 17.4 Å². The highest BCUT2D eigenvalue weighted by molar-refractivity contribution is 6.21. The number of carbonyl (C=O) groups is 3. The molecule has 1 N–H and O–H groups in total. The Morgan fingerprint density at radius 3 is 2.30 bits per heavy atom. The number of hydrogen-bond donors (Lipinski definition) is 1.